The standard InChI is InChI=1S/C17H22N2O4S/c1-11-9-24-10-15(11)19-16(20)8-18(17(19)21)7-12-4-13(22-2)6-14(5-12)23-3/h4-6,11,15H,7-10H2,1-3H3/t11-,15+/m0/s1. The summed E-state index contributed by atoms with van der Waals surface area (Å²) in [7, 11) is 3.17. The van der Waals surface area contributed by atoms with Gasteiger partial charge in [-0.2, -0.15) is 11.8 Å². The molecule has 2 aliphatic rings. The number of carbonyl (C=O) groups excluding carboxylic acids is 2. The third kappa shape index (κ3) is 3.17. The van der Waals surface area contributed by atoms with Gasteiger partial charge in [-0.1, -0.05) is 6.92 Å². The number of rotatable bonds is 5. The Labute approximate surface area is 146 Å². The first-order chi connectivity index (χ1) is 11.5. The van der Waals surface area contributed by atoms with Crippen molar-refractivity contribution in [2.24, 2.45) is 5.92 Å². The number of nitrogens with zero attached hydrogens (tertiary/aromatic N) is 2. The number of carbonyl (C=O) groups is 2. The molecule has 24 heavy (non-hydrogen) atoms. The Balaban J connectivity index is 1.77. The Morgan fingerprint density at radius 2 is 1.79 bits per heavy atom. The molecular weight excluding hydrogens is 328 g/mol. The van der Waals surface area contributed by atoms with Gasteiger partial charge in [0.2, 0.25) is 0 Å². The number of methoxy groups -OCH3 is 2. The molecule has 0 spiro atoms. The van der Waals surface area contributed by atoms with E-state index in [-0.39, 0.29) is 24.5 Å². The van der Waals surface area contributed by atoms with Crippen molar-refractivity contribution in [1.29, 1.82) is 0 Å². The summed E-state index contributed by atoms with van der Waals surface area (Å²) in [4.78, 5) is 28.1. The summed E-state index contributed by atoms with van der Waals surface area (Å²) in [5, 5.41) is 0. The van der Waals surface area contributed by atoms with Crippen LogP contribution in [0.4, 0.5) is 4.79 Å². The van der Waals surface area contributed by atoms with E-state index in [1.807, 2.05) is 12.1 Å². The molecule has 3 rings (SSSR count). The average Bonchev–Trinajstić information content (AvgIpc) is 3.10. The number of hydrogen-bond acceptors (Lipinski definition) is 5. The number of hydrogen-bond donors (Lipinski definition) is 0. The summed E-state index contributed by atoms with van der Waals surface area (Å²) >= 11 is 1.80. The molecule has 2 aliphatic heterocycles. The van der Waals surface area contributed by atoms with Crippen LogP contribution in [0.2, 0.25) is 0 Å². The number of ether oxygens (including phenoxy) is 2. The fraction of sp³-hybridized carbons (Fsp3) is 0.529. The molecule has 0 N–H and O–H groups in total. The van der Waals surface area contributed by atoms with Crippen molar-refractivity contribution in [2.75, 3.05) is 32.3 Å². The summed E-state index contributed by atoms with van der Waals surface area (Å²) < 4.78 is 10.5. The molecular formula is C17H22N2O4S. The largest absolute Gasteiger partial charge is 0.497 e. The van der Waals surface area contributed by atoms with E-state index in [0.29, 0.717) is 24.0 Å². The van der Waals surface area contributed by atoms with Gasteiger partial charge in [-0.05, 0) is 29.4 Å². The molecule has 0 aliphatic carbocycles. The van der Waals surface area contributed by atoms with E-state index >= 15 is 0 Å². The molecule has 1 aromatic rings. The van der Waals surface area contributed by atoms with Gasteiger partial charge in [0, 0.05) is 18.4 Å². The average molecular weight is 350 g/mol. The Morgan fingerprint density at radius 1 is 1.12 bits per heavy atom. The first-order valence-corrected chi connectivity index (χ1v) is 9.09. The number of thioether (sulfide) groups is 1. The molecule has 0 saturated carbocycles. The van der Waals surface area contributed by atoms with Crippen molar-refractivity contribution >= 4 is 23.7 Å². The highest BCUT2D eigenvalue weighted by Gasteiger charge is 2.43. The van der Waals surface area contributed by atoms with Gasteiger partial charge >= 0.3 is 6.03 Å². The van der Waals surface area contributed by atoms with E-state index in [1.165, 1.54) is 4.90 Å². The highest BCUT2D eigenvalue weighted by molar-refractivity contribution is 7.99. The summed E-state index contributed by atoms with van der Waals surface area (Å²) in [5.41, 5.74) is 0.878. The molecule has 2 heterocycles. The Bertz CT molecular complexity index is 629. The number of imide groups is 1. The Hall–Kier alpha value is -1.89. The monoisotopic (exact) mass is 350 g/mol. The molecule has 0 aromatic heterocycles. The van der Waals surface area contributed by atoms with Crippen molar-refractivity contribution in [2.45, 2.75) is 19.5 Å². The van der Waals surface area contributed by atoms with Crippen LogP contribution in [0.25, 0.3) is 0 Å². The minimum Gasteiger partial charge on any atom is -0.497 e. The lowest BCUT2D eigenvalue weighted by Crippen LogP contribution is -2.44. The molecule has 130 valence electrons. The Morgan fingerprint density at radius 3 is 2.33 bits per heavy atom. The molecule has 1 aromatic carbocycles. The maximum Gasteiger partial charge on any atom is 0.327 e. The van der Waals surface area contributed by atoms with Crippen LogP contribution < -0.4 is 9.47 Å². The molecule has 0 unspecified atom stereocenters. The molecule has 3 amide bonds. The van der Waals surface area contributed by atoms with E-state index < -0.39 is 0 Å². The second kappa shape index (κ2) is 6.93. The summed E-state index contributed by atoms with van der Waals surface area (Å²) in [6, 6.07) is 5.32. The molecule has 7 heteroatoms. The number of benzene rings is 1. The quantitative estimate of drug-likeness (QED) is 0.762. The van der Waals surface area contributed by atoms with Gasteiger partial charge in [0.05, 0.1) is 20.3 Å². The van der Waals surface area contributed by atoms with Gasteiger partial charge in [-0.3, -0.25) is 9.69 Å². The van der Waals surface area contributed by atoms with E-state index in [0.717, 1.165) is 17.1 Å². The second-order valence-electron chi connectivity index (χ2n) is 6.21. The number of amides is 3. The van der Waals surface area contributed by atoms with Gasteiger partial charge in [-0.15, -0.1) is 0 Å². The molecule has 0 radical (unpaired) electrons. The maximum absolute atomic E-state index is 12.7. The minimum absolute atomic E-state index is 0.0137. The topological polar surface area (TPSA) is 59.1 Å². The van der Waals surface area contributed by atoms with Gasteiger partial charge in [-0.25, -0.2) is 4.79 Å². The van der Waals surface area contributed by atoms with Crippen molar-refractivity contribution in [3.63, 3.8) is 0 Å². The first-order valence-electron chi connectivity index (χ1n) is 7.94. The van der Waals surface area contributed by atoms with Crippen molar-refractivity contribution in [3.8, 4) is 11.5 Å². The lowest BCUT2D eigenvalue weighted by molar-refractivity contribution is -0.127. The van der Waals surface area contributed by atoms with Crippen LogP contribution in [0.3, 0.4) is 0 Å². The van der Waals surface area contributed by atoms with Crippen LogP contribution in [-0.2, 0) is 11.3 Å². The smallest absolute Gasteiger partial charge is 0.327 e. The minimum atomic E-state index is -0.193. The second-order valence-corrected chi connectivity index (χ2v) is 7.28. The first kappa shape index (κ1) is 17.0. The van der Waals surface area contributed by atoms with Gasteiger partial charge in [0.1, 0.15) is 18.0 Å². The van der Waals surface area contributed by atoms with E-state index in [9.17, 15) is 9.59 Å². The van der Waals surface area contributed by atoms with Crippen LogP contribution in [-0.4, -0.2) is 60.1 Å². The van der Waals surface area contributed by atoms with Crippen molar-refractivity contribution in [3.05, 3.63) is 23.8 Å². The van der Waals surface area contributed by atoms with E-state index in [2.05, 4.69) is 6.92 Å². The Kier molecular flexibility index (Phi) is 4.89. The number of urea groups is 1. The third-order valence-corrected chi connectivity index (χ3v) is 5.85. The molecule has 2 fully saturated rings. The zero-order valence-electron chi connectivity index (χ0n) is 14.2. The van der Waals surface area contributed by atoms with Crippen LogP contribution in [0.15, 0.2) is 18.2 Å². The molecule has 2 atom stereocenters. The van der Waals surface area contributed by atoms with Crippen molar-refractivity contribution < 1.29 is 19.1 Å². The fourth-order valence-electron chi connectivity index (χ4n) is 3.17. The molecule has 6 nitrogen and oxygen atoms in total. The van der Waals surface area contributed by atoms with Gasteiger partial charge in [0.25, 0.3) is 5.91 Å². The van der Waals surface area contributed by atoms with Crippen LogP contribution >= 0.6 is 11.8 Å². The van der Waals surface area contributed by atoms with Gasteiger partial charge in [0.15, 0.2) is 0 Å². The highest BCUT2D eigenvalue weighted by Crippen LogP contribution is 2.31. The lowest BCUT2D eigenvalue weighted by atomic mass is 10.1. The SMILES string of the molecule is COc1cc(CN2CC(=O)N([C@@H]3CSC[C@@H]3C)C2=O)cc(OC)c1. The summed E-state index contributed by atoms with van der Waals surface area (Å²) in [6.07, 6.45) is 0. The summed E-state index contributed by atoms with van der Waals surface area (Å²) in [6.45, 7) is 2.59. The predicted molar refractivity (Wildman–Crippen MR) is 92.5 cm³/mol. The van der Waals surface area contributed by atoms with Crippen LogP contribution in [0, 0.1) is 5.92 Å². The normalized spacial score (nSPS) is 24.0. The predicted octanol–water partition coefficient (Wildman–Crippen LogP) is 2.22. The summed E-state index contributed by atoms with van der Waals surface area (Å²) in [5.74, 6) is 3.41. The highest BCUT2D eigenvalue weighted by atomic mass is 32.2. The zero-order valence-corrected chi connectivity index (χ0v) is 15.0. The van der Waals surface area contributed by atoms with Crippen molar-refractivity contribution in [1.82, 2.24) is 9.80 Å². The fourth-order valence-corrected chi connectivity index (χ4v) is 4.62. The molecule has 0 bridgehead atoms. The van der Waals surface area contributed by atoms with E-state index in [1.54, 1.807) is 36.9 Å². The van der Waals surface area contributed by atoms with E-state index in [4.69, 9.17) is 9.47 Å². The van der Waals surface area contributed by atoms with Gasteiger partial charge < -0.3 is 14.4 Å². The molecule has 2 saturated heterocycles. The third-order valence-electron chi connectivity index (χ3n) is 4.51. The van der Waals surface area contributed by atoms with Crippen LogP contribution in [0.5, 0.6) is 11.5 Å². The van der Waals surface area contributed by atoms with Crippen LogP contribution in [0.1, 0.15) is 12.5 Å². The lowest BCUT2D eigenvalue weighted by Gasteiger charge is -2.25. The maximum atomic E-state index is 12.7. The zero-order chi connectivity index (χ0) is 17.3.